The van der Waals surface area contributed by atoms with Crippen molar-refractivity contribution in [2.75, 3.05) is 46.2 Å². The third-order valence-electron chi connectivity index (χ3n) is 24.0. The first-order chi connectivity index (χ1) is 59.7. The molecule has 0 aromatic carbocycles. The molecule has 6 aliphatic heterocycles. The number of ether oxygens (including phenoxy) is 13. The summed E-state index contributed by atoms with van der Waals surface area (Å²) in [4.78, 5) is 66.1. The van der Waals surface area contributed by atoms with Crippen LogP contribution in [0.4, 0.5) is 0 Å². The SMILES string of the molecule is CCCCCCCCCCCCC/C=C/C(O)C(CNC(=O)CCCCCCCCCCCCCCCCC)O[C@@H]1O[C@H](CO)[C@@H](O[C@@H]2O[C@@H](CO)[C@@H](O[C@H]3O[C@@H](CO)[C@@H](O)[C@@H](O[C@H]4O[C@@H](CO)[C@@H](O)[C@@H](O[C@@]5(C(=O)O)C[C@H](O)[C@@H](N)[C@H](C(O)C(O)COC(=O)CC)O5)[C@@H]4O)[C@@H]3NC(C)=O)[C@@H](O[C@@]3(C(=O)O)C[C@H](O)[C@@H](N)[C@H](C(O)C(O)CO)O3)[C@@H]2O)[C@H](O)[C@H]1O. The van der Waals surface area contributed by atoms with Gasteiger partial charge >= 0.3 is 17.9 Å². The van der Waals surface area contributed by atoms with Gasteiger partial charge in [0.15, 0.2) is 25.2 Å². The van der Waals surface area contributed by atoms with Crippen LogP contribution in [-0.2, 0) is 85.6 Å². The Hall–Kier alpha value is -4.19. The number of carbonyl (C=O) groups is 5. The summed E-state index contributed by atoms with van der Waals surface area (Å²) in [6.45, 7) is -0.643. The second kappa shape index (κ2) is 56.0. The van der Waals surface area contributed by atoms with E-state index >= 15 is 0 Å². The van der Waals surface area contributed by atoms with Crippen LogP contribution in [0.25, 0.3) is 0 Å². The molecule has 42 nitrogen and oxygen atoms in total. The van der Waals surface area contributed by atoms with Crippen molar-refractivity contribution in [3.8, 4) is 0 Å². The molecule has 2 amide bonds. The molecule has 0 aliphatic carbocycles. The Balaban J connectivity index is 1.28. The van der Waals surface area contributed by atoms with E-state index in [1.54, 1.807) is 6.08 Å². The predicted octanol–water partition coefficient (Wildman–Crippen LogP) is -3.26. The van der Waals surface area contributed by atoms with Gasteiger partial charge in [0, 0.05) is 39.2 Å². The van der Waals surface area contributed by atoms with E-state index in [0.29, 0.717) is 12.8 Å². The Morgan fingerprint density at radius 2 is 0.880 bits per heavy atom. The Kier molecular flexibility index (Phi) is 49.1. The minimum Gasteiger partial charge on any atom is -0.477 e. The number of hydrogen-bond donors (Lipinski definition) is 24. The summed E-state index contributed by atoms with van der Waals surface area (Å²) >= 11 is 0. The number of unbranched alkanes of at least 4 members (excludes halogenated alkanes) is 25. The quantitative estimate of drug-likeness (QED) is 0.0161. The Labute approximate surface area is 729 Å². The molecule has 42 heteroatoms. The minimum atomic E-state index is -3.42. The van der Waals surface area contributed by atoms with Gasteiger partial charge in [-0.05, 0) is 19.3 Å². The van der Waals surface area contributed by atoms with Gasteiger partial charge in [0.25, 0.3) is 11.6 Å². The van der Waals surface area contributed by atoms with E-state index in [4.69, 9.17) is 73.0 Å². The van der Waals surface area contributed by atoms with Crippen LogP contribution in [0.3, 0.4) is 0 Å². The summed E-state index contributed by atoms with van der Waals surface area (Å²) in [5, 5.41) is 232. The number of rotatable bonds is 59. The van der Waals surface area contributed by atoms with Gasteiger partial charge in [-0.15, -0.1) is 0 Å². The van der Waals surface area contributed by atoms with Gasteiger partial charge in [-0.25, -0.2) is 9.59 Å². The number of esters is 1. The first-order valence-corrected chi connectivity index (χ1v) is 44.9. The van der Waals surface area contributed by atoms with E-state index < -0.39 is 284 Å². The highest BCUT2D eigenvalue weighted by molar-refractivity contribution is 5.77. The molecule has 6 saturated heterocycles. The van der Waals surface area contributed by atoms with Gasteiger partial charge in [-0.3, -0.25) is 14.4 Å². The maximum absolute atomic E-state index is 13.9. The molecule has 0 bridgehead atoms. The molecule has 34 atom stereocenters. The molecular weight excluding hydrogens is 1660 g/mol. The average molecular weight is 1810 g/mol. The highest BCUT2D eigenvalue weighted by Crippen LogP contribution is 2.43. The lowest BCUT2D eigenvalue weighted by Gasteiger charge is -2.53. The van der Waals surface area contributed by atoms with Crippen LogP contribution < -0.4 is 22.1 Å². The van der Waals surface area contributed by atoms with Crippen LogP contribution in [0.1, 0.15) is 227 Å². The summed E-state index contributed by atoms with van der Waals surface area (Å²) < 4.78 is 77.4. The largest absolute Gasteiger partial charge is 0.477 e. The molecule has 0 aromatic heterocycles. The highest BCUT2D eigenvalue weighted by Gasteiger charge is 2.64. The van der Waals surface area contributed by atoms with Crippen LogP contribution in [0.5, 0.6) is 0 Å². The monoisotopic (exact) mass is 1810 g/mol. The summed E-state index contributed by atoms with van der Waals surface area (Å²) in [6.07, 6.45) is -32.6. The van der Waals surface area contributed by atoms with E-state index in [9.17, 15) is 126 Å². The molecule has 728 valence electrons. The number of aliphatic hydroxyl groups excluding tert-OH is 18. The van der Waals surface area contributed by atoms with Gasteiger partial charge in [-0.2, -0.15) is 0 Å². The Morgan fingerprint density at radius 1 is 0.472 bits per heavy atom. The van der Waals surface area contributed by atoms with Gasteiger partial charge in [0.05, 0.1) is 57.3 Å². The van der Waals surface area contributed by atoms with Crippen molar-refractivity contribution in [3.63, 3.8) is 0 Å². The molecule has 125 heavy (non-hydrogen) atoms. The zero-order valence-electron chi connectivity index (χ0n) is 72.4. The van der Waals surface area contributed by atoms with E-state index in [2.05, 4.69) is 24.5 Å². The third-order valence-corrected chi connectivity index (χ3v) is 24.0. The lowest BCUT2D eigenvalue weighted by molar-refractivity contribution is -0.405. The number of amides is 2. The first-order valence-electron chi connectivity index (χ1n) is 44.9. The van der Waals surface area contributed by atoms with E-state index in [1.807, 2.05) is 0 Å². The number of carbonyl (C=O) groups excluding carboxylic acids is 3. The smallest absolute Gasteiger partial charge is 0.364 e. The molecular formula is C83H148N4O38. The molecule has 6 aliphatic rings. The number of aliphatic carboxylic acids is 2. The predicted molar refractivity (Wildman–Crippen MR) is 435 cm³/mol. The fourth-order valence-corrected chi connectivity index (χ4v) is 16.4. The van der Waals surface area contributed by atoms with Crippen molar-refractivity contribution in [3.05, 3.63) is 12.2 Å². The van der Waals surface area contributed by atoms with E-state index in [1.165, 1.54) is 109 Å². The van der Waals surface area contributed by atoms with Gasteiger partial charge in [-0.1, -0.05) is 187 Å². The first kappa shape index (κ1) is 110. The van der Waals surface area contributed by atoms with Crippen molar-refractivity contribution in [1.82, 2.24) is 10.6 Å². The molecule has 26 N–H and O–H groups in total. The number of nitrogens with one attached hydrogen (secondary N) is 2. The molecule has 0 saturated carbocycles. The molecule has 0 radical (unpaired) electrons. The molecule has 0 spiro atoms. The van der Waals surface area contributed by atoms with Crippen LogP contribution in [0.2, 0.25) is 0 Å². The fraction of sp³-hybridized carbons (Fsp3) is 0.916. The summed E-state index contributed by atoms with van der Waals surface area (Å²) in [5.74, 6) is -13.2. The second-order valence-electron chi connectivity index (χ2n) is 33.8. The number of hydrogen-bond acceptors (Lipinski definition) is 38. The minimum absolute atomic E-state index is 0.139. The van der Waals surface area contributed by atoms with Crippen molar-refractivity contribution in [2.45, 2.75) is 434 Å². The highest BCUT2D eigenvalue weighted by atomic mass is 16.8. The maximum atomic E-state index is 13.9. The summed E-state index contributed by atoms with van der Waals surface area (Å²) in [5.41, 5.74) is 12.3. The Morgan fingerprint density at radius 3 is 1.34 bits per heavy atom. The van der Waals surface area contributed by atoms with Crippen LogP contribution in [0.15, 0.2) is 12.2 Å². The zero-order chi connectivity index (χ0) is 92.3. The topological polar surface area (TPSA) is 686 Å². The van der Waals surface area contributed by atoms with E-state index in [-0.39, 0.29) is 25.3 Å². The van der Waals surface area contributed by atoms with Crippen LogP contribution in [-0.4, -0.2) is 385 Å². The van der Waals surface area contributed by atoms with Crippen LogP contribution >= 0.6 is 0 Å². The van der Waals surface area contributed by atoms with Crippen molar-refractivity contribution < 1.29 is 188 Å². The lowest BCUT2D eigenvalue weighted by Crippen LogP contribution is -2.72. The summed E-state index contributed by atoms with van der Waals surface area (Å²) in [6, 6.07) is -5.63. The third kappa shape index (κ3) is 32.0. The number of aliphatic hydroxyl groups is 18. The lowest BCUT2D eigenvalue weighted by atomic mass is 9.88. The number of allylic oxidation sites excluding steroid dienone is 1. The fourth-order valence-electron chi connectivity index (χ4n) is 16.4. The van der Waals surface area contributed by atoms with Gasteiger partial charge < -0.3 is 186 Å². The average Bonchev–Trinajstić information content (AvgIpc) is 0.753. The maximum Gasteiger partial charge on any atom is 0.364 e. The number of carboxylic acids is 2. The van der Waals surface area contributed by atoms with Crippen molar-refractivity contribution in [1.29, 1.82) is 0 Å². The van der Waals surface area contributed by atoms with Crippen molar-refractivity contribution in [2.24, 2.45) is 11.5 Å². The van der Waals surface area contributed by atoms with Gasteiger partial charge in [0.1, 0.15) is 153 Å². The van der Waals surface area contributed by atoms with Crippen LogP contribution in [0, 0.1) is 0 Å². The van der Waals surface area contributed by atoms with Crippen molar-refractivity contribution >= 4 is 29.7 Å². The molecule has 6 rings (SSSR count). The summed E-state index contributed by atoms with van der Waals surface area (Å²) in [7, 11) is 0. The molecule has 0 aromatic rings. The number of carboxylic acid groups (broad SMARTS) is 2. The molecule has 6 unspecified atom stereocenters. The zero-order valence-corrected chi connectivity index (χ0v) is 72.4. The normalized spacial score (nSPS) is 35.6. The Bertz CT molecular complexity index is 3090. The number of nitrogens with two attached hydrogens (primary N) is 2. The van der Waals surface area contributed by atoms with E-state index in [0.717, 1.165) is 71.1 Å². The standard InChI is InChI=1S/C83H148N4O38/c1-5-8-10-12-14-16-18-20-21-23-25-27-29-31-33-35-56(99)86-38-51(46(94)34-32-30-28-26-24-22-19-17-15-13-11-9-6-2)114-77-66(106)65(105)69(54(42-91)117-77)119-79-68(108)75(125-83(81(111)112)37-48(96)58(84)71(122-83)61(101)49(97)39-88)70(55(43-92)118-79)120-76-60(87-45(4)93)73(63(103)52(40-89)115-76)121-78-67(107)74(64(104)53(41-90)116-78)124-82(80(109)110)36-47(95)59(85)72(123-82)62(102)50(98)44-113-57(100)7-3/h32,34,46-55,58-79,88-92,94-98,101-108H,5-31,33,35-44,84-85H2,1-4H3,(H,86,99)(H,87,93)(H,109,110)(H,111,112)/b34-32+/t46?,47-,48-,49?,50?,51?,52-,53-,54+,55-,58+,59+,60-,61?,62?,63+,64+,65+,66+,67-,68-,69+,70+,71+,72+,73-,74+,75-,76+,77+,78+,79-,82+,83+/m0/s1. The molecule has 6 fully saturated rings. The van der Waals surface area contributed by atoms with Gasteiger partial charge in [0.2, 0.25) is 11.8 Å². The molecule has 6 heterocycles. The second-order valence-corrected chi connectivity index (χ2v) is 33.8.